The second kappa shape index (κ2) is 8.24. The molecule has 5 rings (SSSR count). The van der Waals surface area contributed by atoms with Gasteiger partial charge in [-0.2, -0.15) is 4.68 Å². The monoisotopic (exact) mass is 442 g/mol. The second-order valence-corrected chi connectivity index (χ2v) is 7.67. The van der Waals surface area contributed by atoms with E-state index >= 15 is 0 Å². The van der Waals surface area contributed by atoms with Gasteiger partial charge in [0.25, 0.3) is 5.56 Å². The van der Waals surface area contributed by atoms with E-state index in [2.05, 4.69) is 31.6 Å². The quantitative estimate of drug-likeness (QED) is 0.448. The molecule has 0 amide bonds. The number of nitrogens with zero attached hydrogens (tertiary/aromatic N) is 6. The van der Waals surface area contributed by atoms with Crippen molar-refractivity contribution in [1.82, 2.24) is 34.7 Å². The second-order valence-electron chi connectivity index (χ2n) is 7.23. The normalized spacial score (nSPS) is 11.1. The first-order valence-electron chi connectivity index (χ1n) is 9.84. The third-order valence-corrected chi connectivity index (χ3v) is 5.36. The first kappa shape index (κ1) is 19.9. The lowest BCUT2D eigenvalue weighted by molar-refractivity contribution is 0.724. The van der Waals surface area contributed by atoms with Gasteiger partial charge in [-0.1, -0.05) is 35.9 Å². The maximum absolute atomic E-state index is 12.9. The lowest BCUT2D eigenvalue weighted by atomic mass is 10.0. The van der Waals surface area contributed by atoms with Crippen molar-refractivity contribution in [3.05, 3.63) is 100 Å². The Kier molecular flexibility index (Phi) is 5.12. The number of pyridine rings is 1. The van der Waals surface area contributed by atoms with E-state index in [1.54, 1.807) is 29.0 Å². The van der Waals surface area contributed by atoms with Crippen molar-refractivity contribution < 1.29 is 0 Å². The summed E-state index contributed by atoms with van der Waals surface area (Å²) in [5.74, 6) is 0.706. The van der Waals surface area contributed by atoms with Gasteiger partial charge in [-0.3, -0.25) is 4.79 Å². The molecule has 0 atom stereocenters. The number of benzene rings is 2. The SMILES string of the molecule is Cc1nc(Cn2ccc(-c3cc(Cl)ccc3-n3cnnn3)cc2=O)[nH]c1-c1cc[c]cc1. The predicted molar refractivity (Wildman–Crippen MR) is 121 cm³/mol. The number of aryl methyl sites for hydroxylation is 1. The van der Waals surface area contributed by atoms with Crippen LogP contribution in [0.3, 0.4) is 0 Å². The van der Waals surface area contributed by atoms with Gasteiger partial charge in [0.05, 0.1) is 23.6 Å². The van der Waals surface area contributed by atoms with E-state index in [9.17, 15) is 4.79 Å². The fraction of sp³-hybridized carbons (Fsp3) is 0.0870. The first-order chi connectivity index (χ1) is 15.6. The van der Waals surface area contributed by atoms with E-state index in [4.69, 9.17) is 11.6 Å². The molecule has 3 heterocycles. The van der Waals surface area contributed by atoms with Crippen LogP contribution >= 0.6 is 11.6 Å². The number of aromatic nitrogens is 7. The van der Waals surface area contributed by atoms with Gasteiger partial charge in [0, 0.05) is 22.8 Å². The van der Waals surface area contributed by atoms with Gasteiger partial charge in [0.15, 0.2) is 0 Å². The largest absolute Gasteiger partial charge is 0.340 e. The zero-order valence-electron chi connectivity index (χ0n) is 17.0. The van der Waals surface area contributed by atoms with Crippen LogP contribution in [0.2, 0.25) is 5.02 Å². The van der Waals surface area contributed by atoms with E-state index in [0.717, 1.165) is 33.8 Å². The van der Waals surface area contributed by atoms with Crippen molar-refractivity contribution in [2.24, 2.45) is 0 Å². The minimum Gasteiger partial charge on any atom is -0.340 e. The fourth-order valence-corrected chi connectivity index (χ4v) is 3.78. The molecule has 0 aliphatic heterocycles. The fourth-order valence-electron chi connectivity index (χ4n) is 3.61. The van der Waals surface area contributed by atoms with Crippen molar-refractivity contribution in [3.8, 4) is 28.1 Å². The molecule has 0 bridgehead atoms. The van der Waals surface area contributed by atoms with Gasteiger partial charge in [-0.15, -0.1) is 5.10 Å². The Hall–Kier alpha value is -4.04. The highest BCUT2D eigenvalue weighted by atomic mass is 35.5. The zero-order chi connectivity index (χ0) is 22.1. The lowest BCUT2D eigenvalue weighted by Crippen LogP contribution is -2.20. The molecule has 0 saturated carbocycles. The standard InChI is InChI=1S/C23H17ClN7O/c1-15-23(16-5-3-2-4-6-16)27-21(26-15)13-30-10-9-17(11-22(30)32)19-12-18(24)7-8-20(19)31-14-25-28-29-31/h3-12,14H,13H2,1H3,(H,26,27). The first-order valence-corrected chi connectivity index (χ1v) is 10.2. The molecule has 0 fully saturated rings. The molecule has 9 heteroatoms. The highest BCUT2D eigenvalue weighted by Gasteiger charge is 2.13. The molecule has 0 unspecified atom stereocenters. The van der Waals surface area contributed by atoms with Gasteiger partial charge >= 0.3 is 0 Å². The summed E-state index contributed by atoms with van der Waals surface area (Å²) in [6, 6.07) is 19.5. The number of H-pyrrole nitrogens is 1. The number of tetrazole rings is 1. The van der Waals surface area contributed by atoms with Gasteiger partial charge in [-0.25, -0.2) is 4.98 Å². The summed E-state index contributed by atoms with van der Waals surface area (Å²) in [5.41, 5.74) is 4.88. The highest BCUT2D eigenvalue weighted by molar-refractivity contribution is 6.31. The smallest absolute Gasteiger partial charge is 0.251 e. The molecule has 0 saturated heterocycles. The van der Waals surface area contributed by atoms with Crippen LogP contribution in [0.1, 0.15) is 11.5 Å². The molecule has 157 valence electrons. The summed E-state index contributed by atoms with van der Waals surface area (Å²) < 4.78 is 3.14. The van der Waals surface area contributed by atoms with Gasteiger partial charge in [-0.05, 0) is 58.8 Å². The van der Waals surface area contributed by atoms with E-state index < -0.39 is 0 Å². The molecule has 32 heavy (non-hydrogen) atoms. The number of hydrogen-bond donors (Lipinski definition) is 1. The molecule has 0 aliphatic rings. The number of imidazole rings is 1. The Labute approximate surface area is 188 Å². The summed E-state index contributed by atoms with van der Waals surface area (Å²) in [6.07, 6.45) is 3.24. The van der Waals surface area contributed by atoms with Crippen LogP contribution in [-0.2, 0) is 6.54 Å². The minimum atomic E-state index is -0.157. The Balaban J connectivity index is 1.47. The van der Waals surface area contributed by atoms with E-state index in [-0.39, 0.29) is 5.56 Å². The van der Waals surface area contributed by atoms with Gasteiger partial charge < -0.3 is 9.55 Å². The number of halogens is 1. The molecule has 0 spiro atoms. The van der Waals surface area contributed by atoms with E-state index in [1.807, 2.05) is 43.3 Å². The average molecular weight is 443 g/mol. The summed E-state index contributed by atoms with van der Waals surface area (Å²) >= 11 is 6.22. The number of aromatic amines is 1. The average Bonchev–Trinajstić information content (AvgIpc) is 3.46. The Morgan fingerprint density at radius 1 is 1.09 bits per heavy atom. The minimum absolute atomic E-state index is 0.157. The van der Waals surface area contributed by atoms with Crippen molar-refractivity contribution >= 4 is 11.6 Å². The summed E-state index contributed by atoms with van der Waals surface area (Å²) in [7, 11) is 0. The van der Waals surface area contributed by atoms with Crippen molar-refractivity contribution in [1.29, 1.82) is 0 Å². The molecular formula is C23H17ClN7O. The predicted octanol–water partition coefficient (Wildman–Crippen LogP) is 3.69. The van der Waals surface area contributed by atoms with Crippen LogP contribution in [-0.4, -0.2) is 34.7 Å². The van der Waals surface area contributed by atoms with Crippen LogP contribution < -0.4 is 5.56 Å². The van der Waals surface area contributed by atoms with E-state index in [1.165, 1.54) is 11.0 Å². The molecule has 0 aliphatic carbocycles. The van der Waals surface area contributed by atoms with E-state index in [0.29, 0.717) is 17.4 Å². The molecule has 5 aromatic rings. The lowest BCUT2D eigenvalue weighted by Gasteiger charge is -2.11. The Morgan fingerprint density at radius 3 is 2.69 bits per heavy atom. The molecule has 1 radical (unpaired) electrons. The molecule has 1 N–H and O–H groups in total. The van der Waals surface area contributed by atoms with Crippen LogP contribution in [0.5, 0.6) is 0 Å². The third kappa shape index (κ3) is 3.83. The Bertz CT molecular complexity index is 1440. The highest BCUT2D eigenvalue weighted by Crippen LogP contribution is 2.28. The van der Waals surface area contributed by atoms with Crippen LogP contribution in [0, 0.1) is 13.0 Å². The molecule has 8 nitrogen and oxygen atoms in total. The van der Waals surface area contributed by atoms with Crippen LogP contribution in [0.15, 0.2) is 71.9 Å². The topological polar surface area (TPSA) is 94.3 Å². The molecule has 2 aromatic carbocycles. The summed E-state index contributed by atoms with van der Waals surface area (Å²) in [6.45, 7) is 2.27. The van der Waals surface area contributed by atoms with Crippen LogP contribution in [0.25, 0.3) is 28.1 Å². The number of hydrogen-bond acceptors (Lipinski definition) is 5. The van der Waals surface area contributed by atoms with Gasteiger partial charge in [0.1, 0.15) is 12.2 Å². The molecule has 3 aromatic heterocycles. The number of rotatable bonds is 5. The van der Waals surface area contributed by atoms with Crippen molar-refractivity contribution in [2.45, 2.75) is 13.5 Å². The third-order valence-electron chi connectivity index (χ3n) is 5.12. The van der Waals surface area contributed by atoms with Crippen molar-refractivity contribution in [2.75, 3.05) is 0 Å². The Morgan fingerprint density at radius 2 is 1.94 bits per heavy atom. The summed E-state index contributed by atoms with van der Waals surface area (Å²) in [4.78, 5) is 20.8. The van der Waals surface area contributed by atoms with Crippen LogP contribution in [0.4, 0.5) is 0 Å². The molecular weight excluding hydrogens is 426 g/mol. The van der Waals surface area contributed by atoms with Gasteiger partial charge in [0.2, 0.25) is 0 Å². The summed E-state index contributed by atoms with van der Waals surface area (Å²) in [5, 5.41) is 11.9. The number of nitrogens with one attached hydrogen (secondary N) is 1. The maximum atomic E-state index is 12.9. The maximum Gasteiger partial charge on any atom is 0.251 e. The van der Waals surface area contributed by atoms with Crippen molar-refractivity contribution in [3.63, 3.8) is 0 Å². The zero-order valence-corrected chi connectivity index (χ0v) is 17.8.